The summed E-state index contributed by atoms with van der Waals surface area (Å²) in [6, 6.07) is 0. The van der Waals surface area contributed by atoms with Gasteiger partial charge in [0.05, 0.1) is 6.10 Å². The summed E-state index contributed by atoms with van der Waals surface area (Å²) in [7, 11) is 0. The highest BCUT2D eigenvalue weighted by atomic mass is 16.3. The van der Waals surface area contributed by atoms with E-state index in [9.17, 15) is 5.11 Å². The molecule has 4 atom stereocenters. The van der Waals surface area contributed by atoms with E-state index in [0.717, 1.165) is 18.3 Å². The monoisotopic (exact) mass is 156 g/mol. The molecule has 0 amide bonds. The zero-order valence-corrected chi connectivity index (χ0v) is 7.88. The Morgan fingerprint density at radius 1 is 1.45 bits per heavy atom. The van der Waals surface area contributed by atoms with Gasteiger partial charge < -0.3 is 5.11 Å². The van der Waals surface area contributed by atoms with Gasteiger partial charge >= 0.3 is 0 Å². The second-order valence-corrected chi connectivity index (χ2v) is 4.05. The quantitative estimate of drug-likeness (QED) is 0.651. The van der Waals surface area contributed by atoms with Crippen LogP contribution in [0.1, 0.15) is 40.0 Å². The third-order valence-corrected chi connectivity index (χ3v) is 3.45. The first-order chi connectivity index (χ1) is 5.16. The number of rotatable bonds is 2. The molecule has 4 unspecified atom stereocenters. The van der Waals surface area contributed by atoms with Crippen LogP contribution in [0.15, 0.2) is 0 Å². The first-order valence-corrected chi connectivity index (χ1v) is 4.84. The summed E-state index contributed by atoms with van der Waals surface area (Å²) in [5, 5.41) is 9.51. The molecule has 11 heavy (non-hydrogen) atoms. The molecule has 0 aliphatic heterocycles. The summed E-state index contributed by atoms with van der Waals surface area (Å²) >= 11 is 0. The van der Waals surface area contributed by atoms with Crippen LogP contribution in [0.5, 0.6) is 0 Å². The van der Waals surface area contributed by atoms with E-state index >= 15 is 0 Å². The molecule has 0 bridgehead atoms. The van der Waals surface area contributed by atoms with Crippen LogP contribution in [-0.4, -0.2) is 11.2 Å². The third kappa shape index (κ3) is 1.76. The van der Waals surface area contributed by atoms with Crippen molar-refractivity contribution in [1.82, 2.24) is 0 Å². The van der Waals surface area contributed by atoms with E-state index < -0.39 is 0 Å². The van der Waals surface area contributed by atoms with Crippen molar-refractivity contribution in [2.24, 2.45) is 17.8 Å². The Kier molecular flexibility index (Phi) is 2.94. The normalized spacial score (nSPS) is 40.9. The van der Waals surface area contributed by atoms with Gasteiger partial charge in [-0.05, 0) is 30.6 Å². The molecule has 1 aliphatic carbocycles. The fourth-order valence-corrected chi connectivity index (χ4v) is 2.28. The van der Waals surface area contributed by atoms with E-state index in [4.69, 9.17) is 0 Å². The molecule has 1 N–H and O–H groups in total. The fourth-order valence-electron chi connectivity index (χ4n) is 2.28. The largest absolute Gasteiger partial charge is 0.393 e. The number of hydrogen-bond donors (Lipinski definition) is 1. The van der Waals surface area contributed by atoms with Crippen molar-refractivity contribution < 1.29 is 5.11 Å². The van der Waals surface area contributed by atoms with Gasteiger partial charge in [0, 0.05) is 0 Å². The zero-order chi connectivity index (χ0) is 8.43. The van der Waals surface area contributed by atoms with Crippen molar-refractivity contribution in [2.45, 2.75) is 46.1 Å². The third-order valence-electron chi connectivity index (χ3n) is 3.45. The Morgan fingerprint density at radius 2 is 2.09 bits per heavy atom. The highest BCUT2D eigenvalue weighted by molar-refractivity contribution is 4.83. The van der Waals surface area contributed by atoms with Crippen molar-refractivity contribution in [1.29, 1.82) is 0 Å². The first-order valence-electron chi connectivity index (χ1n) is 4.84. The molecule has 66 valence electrons. The zero-order valence-electron chi connectivity index (χ0n) is 7.88. The van der Waals surface area contributed by atoms with E-state index in [2.05, 4.69) is 20.8 Å². The number of aliphatic hydroxyl groups is 1. The Labute approximate surface area is 69.8 Å². The molecule has 1 saturated carbocycles. The van der Waals surface area contributed by atoms with E-state index in [1.165, 1.54) is 12.8 Å². The number of aliphatic hydroxyl groups excluding tert-OH is 1. The average Bonchev–Trinajstić information content (AvgIpc) is 2.32. The maximum Gasteiger partial charge on any atom is 0.0568 e. The van der Waals surface area contributed by atoms with Crippen LogP contribution < -0.4 is 0 Å². The standard InChI is InChI=1S/C10H20O/c1-4-7(2)9-5-6-10(11)8(9)3/h7-11H,4-6H2,1-3H3. The van der Waals surface area contributed by atoms with Crippen molar-refractivity contribution in [3.8, 4) is 0 Å². The topological polar surface area (TPSA) is 20.2 Å². The highest BCUT2D eigenvalue weighted by Gasteiger charge is 2.33. The second kappa shape index (κ2) is 3.57. The molecule has 1 nitrogen and oxygen atoms in total. The van der Waals surface area contributed by atoms with Crippen LogP contribution in [0.25, 0.3) is 0 Å². The van der Waals surface area contributed by atoms with Gasteiger partial charge in [0.25, 0.3) is 0 Å². The molecular weight excluding hydrogens is 136 g/mol. The molecular formula is C10H20O. The lowest BCUT2D eigenvalue weighted by Gasteiger charge is -2.22. The maximum absolute atomic E-state index is 9.51. The molecule has 0 aromatic carbocycles. The second-order valence-electron chi connectivity index (χ2n) is 4.05. The Balaban J connectivity index is 2.47. The predicted molar refractivity (Wildman–Crippen MR) is 47.3 cm³/mol. The van der Waals surface area contributed by atoms with Gasteiger partial charge in [0.15, 0.2) is 0 Å². The van der Waals surface area contributed by atoms with Crippen LogP contribution >= 0.6 is 0 Å². The molecule has 1 aliphatic rings. The minimum atomic E-state index is -0.0194. The van der Waals surface area contributed by atoms with Crippen molar-refractivity contribution >= 4 is 0 Å². The summed E-state index contributed by atoms with van der Waals surface area (Å²) in [6.07, 6.45) is 3.49. The van der Waals surface area contributed by atoms with E-state index in [1.54, 1.807) is 0 Å². The molecule has 1 fully saturated rings. The van der Waals surface area contributed by atoms with E-state index in [-0.39, 0.29) is 6.10 Å². The van der Waals surface area contributed by atoms with Gasteiger partial charge in [-0.1, -0.05) is 27.2 Å². The lowest BCUT2D eigenvalue weighted by molar-refractivity contribution is 0.115. The van der Waals surface area contributed by atoms with Crippen molar-refractivity contribution in [3.63, 3.8) is 0 Å². The van der Waals surface area contributed by atoms with Crippen LogP contribution in [-0.2, 0) is 0 Å². The van der Waals surface area contributed by atoms with Gasteiger partial charge in [0.1, 0.15) is 0 Å². The predicted octanol–water partition coefficient (Wildman–Crippen LogP) is 2.44. The minimum Gasteiger partial charge on any atom is -0.393 e. The SMILES string of the molecule is CCC(C)C1CCC(O)C1C. The van der Waals surface area contributed by atoms with Crippen molar-refractivity contribution in [2.75, 3.05) is 0 Å². The van der Waals surface area contributed by atoms with Gasteiger partial charge in [0.2, 0.25) is 0 Å². The average molecular weight is 156 g/mol. The summed E-state index contributed by atoms with van der Waals surface area (Å²) < 4.78 is 0. The molecule has 0 radical (unpaired) electrons. The molecule has 0 aromatic heterocycles. The fraction of sp³-hybridized carbons (Fsp3) is 1.00. The molecule has 1 rings (SSSR count). The summed E-state index contributed by atoms with van der Waals surface area (Å²) in [6.45, 7) is 6.73. The molecule has 1 heteroatoms. The first kappa shape index (κ1) is 9.05. The van der Waals surface area contributed by atoms with E-state index in [0.29, 0.717) is 5.92 Å². The Hall–Kier alpha value is -0.0400. The molecule has 0 heterocycles. The summed E-state index contributed by atoms with van der Waals surface area (Å²) in [5.41, 5.74) is 0. The van der Waals surface area contributed by atoms with Gasteiger partial charge in [-0.25, -0.2) is 0 Å². The van der Waals surface area contributed by atoms with Crippen molar-refractivity contribution in [3.05, 3.63) is 0 Å². The Bertz CT molecular complexity index is 122. The lowest BCUT2D eigenvalue weighted by Crippen LogP contribution is -2.20. The minimum absolute atomic E-state index is 0.0194. The van der Waals surface area contributed by atoms with Crippen LogP contribution in [0.2, 0.25) is 0 Å². The van der Waals surface area contributed by atoms with E-state index in [1.807, 2.05) is 0 Å². The van der Waals surface area contributed by atoms with Gasteiger partial charge in [-0.15, -0.1) is 0 Å². The van der Waals surface area contributed by atoms with Gasteiger partial charge in [-0.2, -0.15) is 0 Å². The smallest absolute Gasteiger partial charge is 0.0568 e. The summed E-state index contributed by atoms with van der Waals surface area (Å²) in [4.78, 5) is 0. The van der Waals surface area contributed by atoms with Crippen LogP contribution in [0.4, 0.5) is 0 Å². The number of hydrogen-bond acceptors (Lipinski definition) is 1. The van der Waals surface area contributed by atoms with Gasteiger partial charge in [-0.3, -0.25) is 0 Å². The Morgan fingerprint density at radius 3 is 2.45 bits per heavy atom. The molecule has 0 aromatic rings. The summed E-state index contributed by atoms with van der Waals surface area (Å²) in [5.74, 6) is 2.10. The van der Waals surface area contributed by atoms with Crippen LogP contribution in [0, 0.1) is 17.8 Å². The maximum atomic E-state index is 9.51. The highest BCUT2D eigenvalue weighted by Crippen LogP contribution is 2.37. The lowest BCUT2D eigenvalue weighted by atomic mass is 9.84. The molecule has 0 spiro atoms. The van der Waals surface area contributed by atoms with Crippen LogP contribution in [0.3, 0.4) is 0 Å². The molecule has 0 saturated heterocycles.